The molecule has 1 fully saturated rings. The number of primary amides is 1. The number of carbonyl (C=O) groups excluding carboxylic acids is 2. The fraction of sp³-hybridized carbons (Fsp3) is 0.769. The number of carbonyl (C=O) groups is 3. The van der Waals surface area contributed by atoms with Crippen molar-refractivity contribution in [2.24, 2.45) is 17.4 Å². The second kappa shape index (κ2) is 9.57. The standard InChI is InChI=1S/C13H23N3O4.ClH/c14-9(7-11(17)18)13(20)16-10(12(15)19)6-8-4-2-1-3-5-8;/h8-10H,1-7,14H2,(H2,15,19)(H,16,20)(H,17,18);1H/t9-,10-;/m0./s1. The molecule has 6 N–H and O–H groups in total. The van der Waals surface area contributed by atoms with E-state index in [2.05, 4.69) is 5.32 Å². The third-order valence-electron chi connectivity index (χ3n) is 3.69. The Hall–Kier alpha value is -1.34. The molecule has 8 heteroatoms. The molecule has 0 aromatic heterocycles. The van der Waals surface area contributed by atoms with Crippen LogP contribution in [0.1, 0.15) is 44.9 Å². The average molecular weight is 322 g/mol. The Morgan fingerprint density at radius 2 is 1.76 bits per heavy atom. The summed E-state index contributed by atoms with van der Waals surface area (Å²) in [4.78, 5) is 33.6. The van der Waals surface area contributed by atoms with Gasteiger partial charge >= 0.3 is 5.97 Å². The van der Waals surface area contributed by atoms with Crippen LogP contribution >= 0.6 is 12.4 Å². The fourth-order valence-electron chi connectivity index (χ4n) is 2.56. The molecule has 0 aromatic rings. The zero-order chi connectivity index (χ0) is 15.1. The van der Waals surface area contributed by atoms with Gasteiger partial charge in [0.25, 0.3) is 0 Å². The SMILES string of the molecule is Cl.NC(=O)[C@H](CC1CCCCC1)NC(=O)[C@@H](N)CC(=O)O. The molecule has 7 nitrogen and oxygen atoms in total. The lowest BCUT2D eigenvalue weighted by Gasteiger charge is -2.26. The van der Waals surface area contributed by atoms with Gasteiger partial charge in [0.2, 0.25) is 11.8 Å². The molecule has 1 aliphatic carbocycles. The Kier molecular flexibility index (Phi) is 8.96. The van der Waals surface area contributed by atoms with Crippen LogP contribution in [0.3, 0.4) is 0 Å². The first-order chi connectivity index (χ1) is 9.40. The van der Waals surface area contributed by atoms with E-state index in [0.29, 0.717) is 12.3 Å². The summed E-state index contributed by atoms with van der Waals surface area (Å²) in [5.74, 6) is -2.04. The van der Waals surface area contributed by atoms with Crippen molar-refractivity contribution in [3.8, 4) is 0 Å². The lowest BCUT2D eigenvalue weighted by Crippen LogP contribution is -2.51. The van der Waals surface area contributed by atoms with Gasteiger partial charge in [0.1, 0.15) is 6.04 Å². The van der Waals surface area contributed by atoms with Gasteiger partial charge in [-0.1, -0.05) is 32.1 Å². The lowest BCUT2D eigenvalue weighted by atomic mass is 9.84. The van der Waals surface area contributed by atoms with E-state index in [-0.39, 0.29) is 12.4 Å². The van der Waals surface area contributed by atoms with E-state index in [1.54, 1.807) is 0 Å². The summed E-state index contributed by atoms with van der Waals surface area (Å²) in [6.07, 6.45) is 5.54. The summed E-state index contributed by atoms with van der Waals surface area (Å²) < 4.78 is 0. The van der Waals surface area contributed by atoms with Gasteiger partial charge in [-0.25, -0.2) is 0 Å². The van der Waals surface area contributed by atoms with E-state index in [4.69, 9.17) is 16.6 Å². The molecule has 1 saturated carbocycles. The summed E-state index contributed by atoms with van der Waals surface area (Å²) >= 11 is 0. The van der Waals surface area contributed by atoms with Crippen molar-refractivity contribution in [3.63, 3.8) is 0 Å². The number of nitrogens with two attached hydrogens (primary N) is 2. The Morgan fingerprint density at radius 3 is 2.24 bits per heavy atom. The maximum atomic E-state index is 11.7. The van der Waals surface area contributed by atoms with Gasteiger partial charge in [-0.05, 0) is 12.3 Å². The summed E-state index contributed by atoms with van der Waals surface area (Å²) in [7, 11) is 0. The quantitative estimate of drug-likeness (QED) is 0.529. The van der Waals surface area contributed by atoms with Gasteiger partial charge in [0.05, 0.1) is 12.5 Å². The molecule has 1 rings (SSSR count). The number of carboxylic acids is 1. The van der Waals surface area contributed by atoms with Gasteiger partial charge in [0.15, 0.2) is 0 Å². The molecular weight excluding hydrogens is 298 g/mol. The molecule has 0 unspecified atom stereocenters. The molecule has 2 atom stereocenters. The predicted molar refractivity (Wildman–Crippen MR) is 79.8 cm³/mol. The van der Waals surface area contributed by atoms with Crippen LogP contribution in [0, 0.1) is 5.92 Å². The molecule has 0 aliphatic heterocycles. The van der Waals surface area contributed by atoms with Crippen LogP contribution in [0.5, 0.6) is 0 Å². The van der Waals surface area contributed by atoms with Crippen LogP contribution in [0.2, 0.25) is 0 Å². The van der Waals surface area contributed by atoms with Gasteiger partial charge in [-0.3, -0.25) is 14.4 Å². The number of aliphatic carboxylic acids is 1. The first kappa shape index (κ1) is 19.7. The first-order valence-corrected chi connectivity index (χ1v) is 6.97. The van der Waals surface area contributed by atoms with E-state index >= 15 is 0 Å². The minimum absolute atomic E-state index is 0. The molecule has 0 radical (unpaired) electrons. The number of carboxylic acid groups (broad SMARTS) is 1. The molecule has 2 amide bonds. The number of hydrogen-bond acceptors (Lipinski definition) is 4. The third kappa shape index (κ3) is 7.29. The minimum atomic E-state index is -1.17. The molecular formula is C13H24ClN3O4. The van der Waals surface area contributed by atoms with Crippen molar-refractivity contribution in [1.82, 2.24) is 5.32 Å². The number of amides is 2. The van der Waals surface area contributed by atoms with Crippen molar-refractivity contribution < 1.29 is 19.5 Å². The number of nitrogens with one attached hydrogen (secondary N) is 1. The van der Waals surface area contributed by atoms with Crippen LogP contribution in [0.4, 0.5) is 0 Å². The van der Waals surface area contributed by atoms with Crippen LogP contribution in [0.25, 0.3) is 0 Å². The highest BCUT2D eigenvalue weighted by Crippen LogP contribution is 2.27. The molecule has 0 saturated heterocycles. The van der Waals surface area contributed by atoms with Gasteiger partial charge < -0.3 is 21.9 Å². The van der Waals surface area contributed by atoms with E-state index < -0.39 is 36.3 Å². The van der Waals surface area contributed by atoms with Crippen LogP contribution in [0.15, 0.2) is 0 Å². The zero-order valence-corrected chi connectivity index (χ0v) is 12.7. The second-order valence-corrected chi connectivity index (χ2v) is 5.41. The molecule has 0 heterocycles. The van der Waals surface area contributed by atoms with Crippen molar-refractivity contribution in [2.75, 3.05) is 0 Å². The Balaban J connectivity index is 0.00000400. The van der Waals surface area contributed by atoms with E-state index in [9.17, 15) is 14.4 Å². The normalized spacial score (nSPS) is 18.1. The summed E-state index contributed by atoms with van der Waals surface area (Å²) in [5, 5.41) is 11.1. The van der Waals surface area contributed by atoms with Gasteiger partial charge in [-0.15, -0.1) is 12.4 Å². The highest BCUT2D eigenvalue weighted by Gasteiger charge is 2.26. The second-order valence-electron chi connectivity index (χ2n) is 5.41. The zero-order valence-electron chi connectivity index (χ0n) is 11.9. The van der Waals surface area contributed by atoms with Gasteiger partial charge in [-0.2, -0.15) is 0 Å². The highest BCUT2D eigenvalue weighted by molar-refractivity contribution is 5.90. The molecule has 0 aromatic carbocycles. The molecule has 122 valence electrons. The summed E-state index contributed by atoms with van der Waals surface area (Å²) in [5.41, 5.74) is 10.7. The Labute approximate surface area is 130 Å². The maximum Gasteiger partial charge on any atom is 0.305 e. The summed E-state index contributed by atoms with van der Waals surface area (Å²) in [6.45, 7) is 0. The smallest absolute Gasteiger partial charge is 0.305 e. The molecule has 1 aliphatic rings. The minimum Gasteiger partial charge on any atom is -0.481 e. The monoisotopic (exact) mass is 321 g/mol. The first-order valence-electron chi connectivity index (χ1n) is 6.97. The summed E-state index contributed by atoms with van der Waals surface area (Å²) in [6, 6.07) is -1.94. The maximum absolute atomic E-state index is 11.7. The van der Waals surface area contributed by atoms with Crippen molar-refractivity contribution in [1.29, 1.82) is 0 Å². The van der Waals surface area contributed by atoms with Crippen LogP contribution in [-0.2, 0) is 14.4 Å². The van der Waals surface area contributed by atoms with Crippen LogP contribution in [-0.4, -0.2) is 35.0 Å². The van der Waals surface area contributed by atoms with Crippen LogP contribution < -0.4 is 16.8 Å². The Bertz CT molecular complexity index is 372. The van der Waals surface area contributed by atoms with E-state index in [0.717, 1.165) is 25.7 Å². The van der Waals surface area contributed by atoms with Crippen molar-refractivity contribution in [3.05, 3.63) is 0 Å². The van der Waals surface area contributed by atoms with Crippen molar-refractivity contribution >= 4 is 30.2 Å². The molecule has 0 spiro atoms. The number of halogens is 1. The van der Waals surface area contributed by atoms with E-state index in [1.165, 1.54) is 6.42 Å². The topological polar surface area (TPSA) is 136 Å². The van der Waals surface area contributed by atoms with E-state index in [1.807, 2.05) is 0 Å². The number of rotatable bonds is 7. The average Bonchev–Trinajstić information content (AvgIpc) is 2.38. The Morgan fingerprint density at radius 1 is 1.19 bits per heavy atom. The fourth-order valence-corrected chi connectivity index (χ4v) is 2.56. The van der Waals surface area contributed by atoms with Gasteiger partial charge in [0, 0.05) is 0 Å². The highest BCUT2D eigenvalue weighted by atomic mass is 35.5. The number of hydrogen-bond donors (Lipinski definition) is 4. The molecule has 0 bridgehead atoms. The largest absolute Gasteiger partial charge is 0.481 e. The third-order valence-corrected chi connectivity index (χ3v) is 3.69. The molecule has 21 heavy (non-hydrogen) atoms. The van der Waals surface area contributed by atoms with Crippen molar-refractivity contribution in [2.45, 2.75) is 57.0 Å². The predicted octanol–water partition coefficient (Wildman–Crippen LogP) is 0.151. The lowest BCUT2D eigenvalue weighted by molar-refractivity contribution is -0.139.